The molecule has 0 bridgehead atoms. The molecule has 1 atom stereocenters. The van der Waals surface area contributed by atoms with E-state index in [4.69, 9.17) is 5.11 Å². The lowest BCUT2D eigenvalue weighted by molar-refractivity contribution is -0.139. The Morgan fingerprint density at radius 2 is 2.11 bits per heavy atom. The smallest absolute Gasteiger partial charge is 0.326 e. The summed E-state index contributed by atoms with van der Waals surface area (Å²) in [4.78, 5) is 23.5. The maximum absolute atomic E-state index is 11.9. The molecule has 0 aliphatic carbocycles. The molecule has 100 valence electrons. The molecule has 0 saturated heterocycles. The molecule has 0 fully saturated rings. The van der Waals surface area contributed by atoms with Crippen molar-refractivity contribution in [3.05, 3.63) is 20.3 Å². The Labute approximate surface area is 119 Å². The molecule has 1 unspecified atom stereocenters. The van der Waals surface area contributed by atoms with Crippen molar-refractivity contribution in [2.75, 3.05) is 0 Å². The highest BCUT2D eigenvalue weighted by Crippen LogP contribution is 2.27. The van der Waals surface area contributed by atoms with E-state index in [0.29, 0.717) is 11.3 Å². The third kappa shape index (κ3) is 4.10. The zero-order chi connectivity index (χ0) is 13.9. The van der Waals surface area contributed by atoms with E-state index in [-0.39, 0.29) is 11.8 Å². The van der Waals surface area contributed by atoms with Crippen LogP contribution in [-0.2, 0) is 4.79 Å². The summed E-state index contributed by atoms with van der Waals surface area (Å²) >= 11 is 4.65. The first kappa shape index (κ1) is 15.2. The monoisotopic (exact) mass is 333 g/mol. The predicted octanol–water partition coefficient (Wildman–Crippen LogP) is 3.05. The van der Waals surface area contributed by atoms with Crippen molar-refractivity contribution in [2.45, 2.75) is 33.2 Å². The van der Waals surface area contributed by atoms with Crippen molar-refractivity contribution in [1.82, 2.24) is 5.32 Å². The molecule has 1 aromatic rings. The van der Waals surface area contributed by atoms with Gasteiger partial charge in [0, 0.05) is 0 Å². The van der Waals surface area contributed by atoms with Crippen molar-refractivity contribution >= 4 is 39.1 Å². The van der Waals surface area contributed by atoms with Gasteiger partial charge in [-0.1, -0.05) is 13.8 Å². The summed E-state index contributed by atoms with van der Waals surface area (Å²) in [5.41, 5.74) is 0.973. The van der Waals surface area contributed by atoms with Gasteiger partial charge in [-0.2, -0.15) is 0 Å². The highest BCUT2D eigenvalue weighted by Gasteiger charge is 2.22. The van der Waals surface area contributed by atoms with Gasteiger partial charge >= 0.3 is 5.97 Å². The van der Waals surface area contributed by atoms with Gasteiger partial charge in [-0.3, -0.25) is 4.79 Å². The summed E-state index contributed by atoms with van der Waals surface area (Å²) in [6.45, 7) is 5.74. The number of carbonyl (C=O) groups excluding carboxylic acids is 1. The summed E-state index contributed by atoms with van der Waals surface area (Å²) in [5, 5.41) is 11.6. The van der Waals surface area contributed by atoms with Gasteiger partial charge in [-0.05, 0) is 46.8 Å². The van der Waals surface area contributed by atoms with Gasteiger partial charge in [-0.15, -0.1) is 11.3 Å². The van der Waals surface area contributed by atoms with Crippen LogP contribution in [-0.4, -0.2) is 23.0 Å². The molecule has 0 radical (unpaired) electrons. The van der Waals surface area contributed by atoms with Crippen LogP contribution in [0.2, 0.25) is 0 Å². The molecule has 2 N–H and O–H groups in total. The lowest BCUT2D eigenvalue weighted by atomic mass is 10.0. The fraction of sp³-hybridized carbons (Fsp3) is 0.500. The van der Waals surface area contributed by atoms with Gasteiger partial charge in [0.05, 0.1) is 8.66 Å². The lowest BCUT2D eigenvalue weighted by Gasteiger charge is -2.15. The maximum Gasteiger partial charge on any atom is 0.326 e. The molecule has 18 heavy (non-hydrogen) atoms. The first-order chi connectivity index (χ1) is 8.31. The number of carbonyl (C=O) groups is 2. The van der Waals surface area contributed by atoms with E-state index < -0.39 is 12.0 Å². The van der Waals surface area contributed by atoms with Crippen LogP contribution in [0.1, 0.15) is 35.5 Å². The molecule has 1 amide bonds. The standard InChI is InChI=1S/C12H16BrNO3S/c1-6(2)4-8(12(16)17)14-11(15)9-5-7(3)10(13)18-9/h5-6,8H,4H2,1-3H3,(H,14,15)(H,16,17). The first-order valence-electron chi connectivity index (χ1n) is 5.60. The van der Waals surface area contributed by atoms with Crippen molar-refractivity contribution in [3.8, 4) is 0 Å². The second-order valence-electron chi connectivity index (χ2n) is 4.56. The third-order valence-electron chi connectivity index (χ3n) is 2.39. The SMILES string of the molecule is Cc1cc(C(=O)NC(CC(C)C)C(=O)O)sc1Br. The van der Waals surface area contributed by atoms with Gasteiger partial charge in [-0.25, -0.2) is 4.79 Å². The van der Waals surface area contributed by atoms with E-state index in [1.165, 1.54) is 11.3 Å². The van der Waals surface area contributed by atoms with Crippen molar-refractivity contribution < 1.29 is 14.7 Å². The lowest BCUT2D eigenvalue weighted by Crippen LogP contribution is -2.41. The predicted molar refractivity (Wildman–Crippen MR) is 75.1 cm³/mol. The Morgan fingerprint density at radius 3 is 2.50 bits per heavy atom. The molecule has 1 aromatic heterocycles. The normalized spacial score (nSPS) is 12.5. The Bertz CT molecular complexity index is 437. The highest BCUT2D eigenvalue weighted by atomic mass is 79.9. The average Bonchev–Trinajstić information content (AvgIpc) is 2.57. The Hall–Kier alpha value is -0.880. The third-order valence-corrected chi connectivity index (χ3v) is 4.53. The summed E-state index contributed by atoms with van der Waals surface area (Å²) < 4.78 is 0.892. The minimum Gasteiger partial charge on any atom is -0.480 e. The number of rotatable bonds is 5. The Balaban J connectivity index is 2.75. The molecular weight excluding hydrogens is 318 g/mol. The molecule has 1 rings (SSSR count). The van der Waals surface area contributed by atoms with Crippen LogP contribution >= 0.6 is 27.3 Å². The van der Waals surface area contributed by atoms with E-state index in [1.54, 1.807) is 6.07 Å². The molecule has 0 aliphatic rings. The number of amides is 1. The van der Waals surface area contributed by atoms with E-state index in [1.807, 2.05) is 20.8 Å². The number of aryl methyl sites for hydroxylation is 1. The summed E-state index contributed by atoms with van der Waals surface area (Å²) in [6.07, 6.45) is 0.423. The molecule has 4 nitrogen and oxygen atoms in total. The van der Waals surface area contributed by atoms with E-state index in [0.717, 1.165) is 9.35 Å². The van der Waals surface area contributed by atoms with Crippen LogP contribution in [0.5, 0.6) is 0 Å². The molecule has 0 aromatic carbocycles. The zero-order valence-electron chi connectivity index (χ0n) is 10.5. The Morgan fingerprint density at radius 1 is 1.50 bits per heavy atom. The molecule has 0 spiro atoms. The van der Waals surface area contributed by atoms with Crippen LogP contribution < -0.4 is 5.32 Å². The topological polar surface area (TPSA) is 66.4 Å². The van der Waals surface area contributed by atoms with Crippen LogP contribution in [0.25, 0.3) is 0 Å². The van der Waals surface area contributed by atoms with Crippen LogP contribution in [0.3, 0.4) is 0 Å². The van der Waals surface area contributed by atoms with E-state index >= 15 is 0 Å². The van der Waals surface area contributed by atoms with Gasteiger partial charge < -0.3 is 10.4 Å². The number of hydrogen-bond donors (Lipinski definition) is 2. The van der Waals surface area contributed by atoms with Crippen molar-refractivity contribution in [2.24, 2.45) is 5.92 Å². The highest BCUT2D eigenvalue weighted by molar-refractivity contribution is 9.11. The van der Waals surface area contributed by atoms with Gasteiger partial charge in [0.15, 0.2) is 0 Å². The number of aliphatic carboxylic acids is 1. The molecule has 0 aliphatic heterocycles. The summed E-state index contributed by atoms with van der Waals surface area (Å²) in [6, 6.07) is 0.914. The van der Waals surface area contributed by atoms with Gasteiger partial charge in [0.25, 0.3) is 5.91 Å². The number of nitrogens with one attached hydrogen (secondary N) is 1. The van der Waals surface area contributed by atoms with Gasteiger partial charge in [0.2, 0.25) is 0 Å². The summed E-state index contributed by atoms with van der Waals surface area (Å²) in [5.74, 6) is -1.12. The molecular formula is C12H16BrNO3S. The molecule has 1 heterocycles. The quantitative estimate of drug-likeness (QED) is 0.870. The van der Waals surface area contributed by atoms with E-state index in [9.17, 15) is 9.59 Å². The van der Waals surface area contributed by atoms with Crippen molar-refractivity contribution in [1.29, 1.82) is 0 Å². The summed E-state index contributed by atoms with van der Waals surface area (Å²) in [7, 11) is 0. The second kappa shape index (κ2) is 6.33. The Kier molecular flexibility index (Phi) is 5.34. The fourth-order valence-electron chi connectivity index (χ4n) is 1.49. The van der Waals surface area contributed by atoms with Crippen LogP contribution in [0.4, 0.5) is 0 Å². The van der Waals surface area contributed by atoms with E-state index in [2.05, 4.69) is 21.2 Å². The number of halogens is 1. The van der Waals surface area contributed by atoms with Crippen LogP contribution in [0, 0.1) is 12.8 Å². The number of carboxylic acid groups (broad SMARTS) is 1. The zero-order valence-corrected chi connectivity index (χ0v) is 12.9. The largest absolute Gasteiger partial charge is 0.480 e. The second-order valence-corrected chi connectivity index (χ2v) is 6.93. The minimum atomic E-state index is -0.996. The number of thiophene rings is 1. The van der Waals surface area contributed by atoms with Gasteiger partial charge in [0.1, 0.15) is 6.04 Å². The van der Waals surface area contributed by atoms with Crippen molar-refractivity contribution in [3.63, 3.8) is 0 Å². The maximum atomic E-state index is 11.9. The number of hydrogen-bond acceptors (Lipinski definition) is 3. The van der Waals surface area contributed by atoms with Crippen LogP contribution in [0.15, 0.2) is 9.85 Å². The minimum absolute atomic E-state index is 0.211. The molecule has 6 heteroatoms. The average molecular weight is 334 g/mol. The molecule has 0 saturated carbocycles. The number of carboxylic acids is 1. The first-order valence-corrected chi connectivity index (χ1v) is 7.21. The fourth-order valence-corrected chi connectivity index (χ4v) is 2.93.